The normalized spacial score (nSPS) is 28.4. The number of alkyl halides is 3. The minimum absolute atomic E-state index is 0.316. The van der Waals surface area contributed by atoms with Crippen molar-refractivity contribution >= 4 is 58.2 Å². The van der Waals surface area contributed by atoms with E-state index in [0.29, 0.717) is 18.5 Å². The van der Waals surface area contributed by atoms with Crippen molar-refractivity contribution in [2.75, 3.05) is 4.90 Å². The van der Waals surface area contributed by atoms with Crippen molar-refractivity contribution in [3.63, 3.8) is 0 Å². The largest absolute Gasteiger partial charge is 0.349 e. The Morgan fingerprint density at radius 1 is 0.941 bits per heavy atom. The second kappa shape index (κ2) is 8.67. The van der Waals surface area contributed by atoms with E-state index in [4.69, 9.17) is 34.8 Å². The fourth-order valence-corrected chi connectivity index (χ4v) is 5.80. The summed E-state index contributed by atoms with van der Waals surface area (Å²) >= 11 is 17.3. The van der Waals surface area contributed by atoms with Gasteiger partial charge >= 0.3 is 0 Å². The zero-order valence-electron chi connectivity index (χ0n) is 17.8. The second-order valence-corrected chi connectivity index (χ2v) is 11.1. The van der Waals surface area contributed by atoms with Crippen LogP contribution in [0.5, 0.6) is 0 Å². The number of hydrogen-bond acceptors (Lipinski definition) is 3. The van der Waals surface area contributed by atoms with Gasteiger partial charge in [0.15, 0.2) is 0 Å². The molecule has 0 aromatic heterocycles. The topological polar surface area (TPSA) is 66.5 Å². The number of imide groups is 1. The van der Waals surface area contributed by atoms with Gasteiger partial charge in [-0.2, -0.15) is 0 Å². The molecule has 1 saturated heterocycles. The van der Waals surface area contributed by atoms with Crippen molar-refractivity contribution in [3.05, 3.63) is 77.6 Å². The van der Waals surface area contributed by atoms with Crippen molar-refractivity contribution in [2.24, 2.45) is 17.8 Å². The standard InChI is InChI=1S/C25H20Cl3FN2O3/c26-25(27,28)24(34)30-18-11-8-14-12-17(13-6-9-15(29)10-7-13)20-21(19(14)18)23(33)31(22(20)32)16-4-2-1-3-5-16/h1-7,9-10,12,17-21H,8,11H2,(H,30,34)/t17-,18-,19+,20+,21-/m1/s1. The van der Waals surface area contributed by atoms with E-state index < -0.39 is 39.4 Å². The van der Waals surface area contributed by atoms with Crippen molar-refractivity contribution in [3.8, 4) is 0 Å². The van der Waals surface area contributed by atoms with Crippen LogP contribution in [0.1, 0.15) is 24.3 Å². The first-order valence-corrected chi connectivity index (χ1v) is 12.1. The quantitative estimate of drug-likeness (QED) is 0.354. The lowest BCUT2D eigenvalue weighted by atomic mass is 9.66. The maximum absolute atomic E-state index is 13.8. The molecule has 0 spiro atoms. The van der Waals surface area contributed by atoms with E-state index >= 15 is 0 Å². The van der Waals surface area contributed by atoms with Crippen LogP contribution in [0.25, 0.3) is 0 Å². The monoisotopic (exact) mass is 520 g/mol. The van der Waals surface area contributed by atoms with Crippen LogP contribution >= 0.6 is 34.8 Å². The molecule has 1 saturated carbocycles. The summed E-state index contributed by atoms with van der Waals surface area (Å²) in [6.45, 7) is 0. The third kappa shape index (κ3) is 3.92. The van der Waals surface area contributed by atoms with Gasteiger partial charge < -0.3 is 5.32 Å². The maximum atomic E-state index is 13.8. The lowest BCUT2D eigenvalue weighted by Gasteiger charge is -2.36. The highest BCUT2D eigenvalue weighted by Crippen LogP contribution is 2.54. The molecule has 2 fully saturated rings. The molecule has 176 valence electrons. The van der Waals surface area contributed by atoms with Gasteiger partial charge in [0.1, 0.15) is 5.82 Å². The molecule has 2 aromatic rings. The number of anilines is 1. The van der Waals surface area contributed by atoms with Gasteiger partial charge in [-0.15, -0.1) is 0 Å². The second-order valence-electron chi connectivity index (χ2n) is 8.86. The van der Waals surface area contributed by atoms with Crippen LogP contribution in [-0.2, 0) is 14.4 Å². The number of hydrogen-bond donors (Lipinski definition) is 1. The number of nitrogens with one attached hydrogen (secondary N) is 1. The summed E-state index contributed by atoms with van der Waals surface area (Å²) in [6.07, 6.45) is 3.18. The molecular weight excluding hydrogens is 502 g/mol. The van der Waals surface area contributed by atoms with Gasteiger partial charge in [-0.05, 0) is 42.7 Å². The van der Waals surface area contributed by atoms with E-state index in [1.165, 1.54) is 17.0 Å². The van der Waals surface area contributed by atoms with E-state index in [9.17, 15) is 18.8 Å². The Hall–Kier alpha value is -2.41. The minimum Gasteiger partial charge on any atom is -0.349 e. The first-order valence-electron chi connectivity index (χ1n) is 10.9. The maximum Gasteiger partial charge on any atom is 0.272 e. The van der Waals surface area contributed by atoms with E-state index in [0.717, 1.165) is 11.1 Å². The van der Waals surface area contributed by atoms with Crippen LogP contribution in [0.3, 0.4) is 0 Å². The summed E-state index contributed by atoms with van der Waals surface area (Å²) in [4.78, 5) is 41.2. The fraction of sp³-hybridized carbons (Fsp3) is 0.320. The molecule has 9 heteroatoms. The summed E-state index contributed by atoms with van der Waals surface area (Å²) < 4.78 is 11.5. The number of benzene rings is 2. The number of amides is 3. The average Bonchev–Trinajstić information content (AvgIpc) is 3.32. The van der Waals surface area contributed by atoms with Crippen LogP contribution in [-0.4, -0.2) is 27.6 Å². The Morgan fingerprint density at radius 3 is 2.24 bits per heavy atom. The molecule has 0 bridgehead atoms. The van der Waals surface area contributed by atoms with Gasteiger partial charge in [0, 0.05) is 17.9 Å². The Balaban J connectivity index is 1.59. The third-order valence-corrected chi connectivity index (χ3v) is 7.53. The smallest absolute Gasteiger partial charge is 0.272 e. The Labute approximate surface area is 210 Å². The number of halogens is 4. The molecule has 2 aromatic carbocycles. The van der Waals surface area contributed by atoms with Gasteiger partial charge in [0.25, 0.3) is 9.70 Å². The van der Waals surface area contributed by atoms with Crippen LogP contribution in [0.2, 0.25) is 0 Å². The summed E-state index contributed by atoms with van der Waals surface area (Å²) in [5.41, 5.74) is 2.22. The predicted octanol–water partition coefficient (Wildman–Crippen LogP) is 4.92. The van der Waals surface area contributed by atoms with Gasteiger partial charge in [0.2, 0.25) is 11.8 Å². The van der Waals surface area contributed by atoms with Crippen LogP contribution in [0, 0.1) is 23.6 Å². The zero-order chi connectivity index (χ0) is 24.2. The van der Waals surface area contributed by atoms with Crippen molar-refractivity contribution < 1.29 is 18.8 Å². The van der Waals surface area contributed by atoms with Gasteiger partial charge in [-0.1, -0.05) is 76.8 Å². The van der Waals surface area contributed by atoms with Crippen molar-refractivity contribution in [2.45, 2.75) is 28.6 Å². The summed E-state index contributed by atoms with van der Waals surface area (Å²) in [6, 6.07) is 14.3. The van der Waals surface area contributed by atoms with E-state index in [2.05, 4.69) is 5.32 Å². The molecule has 5 rings (SSSR count). The molecule has 0 unspecified atom stereocenters. The number of para-hydroxylation sites is 1. The number of nitrogens with zero attached hydrogens (tertiary/aromatic N) is 1. The first-order chi connectivity index (χ1) is 16.2. The third-order valence-electron chi connectivity index (χ3n) is 7.01. The molecule has 5 atom stereocenters. The highest BCUT2D eigenvalue weighted by Gasteiger charge is 2.59. The zero-order valence-corrected chi connectivity index (χ0v) is 20.0. The Kier molecular flexibility index (Phi) is 5.95. The minimum atomic E-state index is -2.14. The number of carbonyl (C=O) groups is 3. The molecule has 2 aliphatic carbocycles. The highest BCUT2D eigenvalue weighted by molar-refractivity contribution is 6.76. The fourth-order valence-electron chi connectivity index (χ4n) is 5.64. The Morgan fingerprint density at radius 2 is 1.59 bits per heavy atom. The van der Waals surface area contributed by atoms with Gasteiger partial charge in [-0.25, -0.2) is 4.39 Å². The average molecular weight is 522 g/mol. The lowest BCUT2D eigenvalue weighted by Crippen LogP contribution is -2.48. The number of carbonyl (C=O) groups excluding carboxylic acids is 3. The molecule has 1 heterocycles. The molecule has 1 N–H and O–H groups in total. The predicted molar refractivity (Wildman–Crippen MR) is 128 cm³/mol. The van der Waals surface area contributed by atoms with Crippen molar-refractivity contribution in [1.29, 1.82) is 0 Å². The summed E-state index contributed by atoms with van der Waals surface area (Å²) in [7, 11) is 0. The summed E-state index contributed by atoms with van der Waals surface area (Å²) in [5, 5.41) is 2.78. The lowest BCUT2D eigenvalue weighted by molar-refractivity contribution is -0.125. The number of rotatable bonds is 3. The molecule has 1 aliphatic heterocycles. The molecule has 34 heavy (non-hydrogen) atoms. The van der Waals surface area contributed by atoms with Crippen molar-refractivity contribution in [1.82, 2.24) is 5.32 Å². The van der Waals surface area contributed by atoms with E-state index in [1.807, 2.05) is 12.1 Å². The van der Waals surface area contributed by atoms with Crippen LogP contribution in [0.4, 0.5) is 10.1 Å². The molecular formula is C25H20Cl3FN2O3. The summed E-state index contributed by atoms with van der Waals surface area (Å²) in [5.74, 6) is -3.98. The first kappa shape index (κ1) is 23.3. The number of allylic oxidation sites excluding steroid dienone is 1. The molecule has 3 amide bonds. The van der Waals surface area contributed by atoms with Crippen LogP contribution in [0.15, 0.2) is 66.2 Å². The van der Waals surface area contributed by atoms with Gasteiger partial charge in [-0.3, -0.25) is 19.3 Å². The molecule has 0 radical (unpaired) electrons. The molecule has 3 aliphatic rings. The highest BCUT2D eigenvalue weighted by atomic mass is 35.6. The van der Waals surface area contributed by atoms with E-state index in [1.54, 1.807) is 36.4 Å². The van der Waals surface area contributed by atoms with E-state index in [-0.39, 0.29) is 17.6 Å². The Bertz CT molecular complexity index is 1180. The SMILES string of the molecule is O=C1[C@H]2[C@@H](C(=O)N1c1ccccc1)[C@@H](c1ccc(F)cc1)C=C1CC[C@@H](NC(=O)C(Cl)(Cl)Cl)[C@H]12. The number of fused-ring (bicyclic) bond motifs is 3. The van der Waals surface area contributed by atoms with Gasteiger partial charge in [0.05, 0.1) is 17.5 Å². The van der Waals surface area contributed by atoms with Crippen LogP contribution < -0.4 is 10.2 Å². The molecule has 5 nitrogen and oxygen atoms in total.